The number of nitro groups is 1. The summed E-state index contributed by atoms with van der Waals surface area (Å²) in [6.45, 7) is 3.59. The van der Waals surface area contributed by atoms with Crippen molar-refractivity contribution in [1.82, 2.24) is 10.6 Å². The fourth-order valence-corrected chi connectivity index (χ4v) is 1.72. The van der Waals surface area contributed by atoms with Crippen molar-refractivity contribution in [1.29, 1.82) is 0 Å². The molecule has 0 bridgehead atoms. The van der Waals surface area contributed by atoms with Crippen LogP contribution in [0.2, 0.25) is 5.02 Å². The highest BCUT2D eigenvalue weighted by molar-refractivity contribution is 6.33. The van der Waals surface area contributed by atoms with Crippen LogP contribution >= 0.6 is 11.6 Å². The molecule has 0 aliphatic heterocycles. The normalized spacial score (nSPS) is 9.95. The third kappa shape index (κ3) is 3.92. The highest BCUT2D eigenvalue weighted by Gasteiger charge is 2.19. The first-order valence-corrected chi connectivity index (χ1v) is 6.24. The van der Waals surface area contributed by atoms with Crippen molar-refractivity contribution in [3.8, 4) is 0 Å². The molecular weight excluding hydrogens is 286 g/mol. The molecular formula is C12H14ClN3O4. The summed E-state index contributed by atoms with van der Waals surface area (Å²) >= 11 is 5.80. The van der Waals surface area contributed by atoms with Crippen molar-refractivity contribution < 1.29 is 14.5 Å². The van der Waals surface area contributed by atoms with Gasteiger partial charge in [-0.15, -0.1) is 0 Å². The van der Waals surface area contributed by atoms with Gasteiger partial charge in [0.2, 0.25) is 5.91 Å². The van der Waals surface area contributed by atoms with Crippen LogP contribution in [0.3, 0.4) is 0 Å². The Kier molecular flexibility index (Phi) is 5.45. The first-order chi connectivity index (χ1) is 9.36. The minimum Gasteiger partial charge on any atom is -0.355 e. The number of aryl methyl sites for hydroxylation is 1. The fraction of sp³-hybridized carbons (Fsp3) is 0.333. The van der Waals surface area contributed by atoms with Crippen molar-refractivity contribution in [2.75, 3.05) is 13.1 Å². The molecule has 0 unspecified atom stereocenters. The topological polar surface area (TPSA) is 101 Å². The Labute approximate surface area is 120 Å². The average Bonchev–Trinajstić information content (AvgIpc) is 2.38. The third-order valence-electron chi connectivity index (χ3n) is 2.48. The number of hydrogen-bond donors (Lipinski definition) is 2. The lowest BCUT2D eigenvalue weighted by Gasteiger charge is -2.07. The number of nitro benzene ring substituents is 1. The van der Waals surface area contributed by atoms with Gasteiger partial charge in [-0.25, -0.2) is 0 Å². The molecule has 0 aliphatic rings. The molecule has 0 heterocycles. The molecule has 2 amide bonds. The quantitative estimate of drug-likeness (QED) is 0.634. The molecule has 0 aliphatic carbocycles. The van der Waals surface area contributed by atoms with Crippen LogP contribution in [0.4, 0.5) is 5.69 Å². The van der Waals surface area contributed by atoms with E-state index < -0.39 is 10.8 Å². The zero-order chi connectivity index (χ0) is 15.3. The number of hydrogen-bond acceptors (Lipinski definition) is 4. The lowest BCUT2D eigenvalue weighted by Crippen LogP contribution is -2.36. The van der Waals surface area contributed by atoms with Gasteiger partial charge >= 0.3 is 0 Å². The van der Waals surface area contributed by atoms with E-state index in [4.69, 9.17) is 11.6 Å². The van der Waals surface area contributed by atoms with Gasteiger partial charge in [0.15, 0.2) is 0 Å². The molecule has 0 saturated heterocycles. The molecule has 7 nitrogen and oxygen atoms in total. The molecule has 0 fully saturated rings. The molecule has 0 atom stereocenters. The number of benzene rings is 1. The SMILES string of the molecule is CCNC(=O)CNC(=O)c1cc(C)c(Cl)c([N+](=O)[O-])c1. The van der Waals surface area contributed by atoms with Crippen LogP contribution in [0.15, 0.2) is 12.1 Å². The summed E-state index contributed by atoms with van der Waals surface area (Å²) < 4.78 is 0. The summed E-state index contributed by atoms with van der Waals surface area (Å²) in [6.07, 6.45) is 0. The summed E-state index contributed by atoms with van der Waals surface area (Å²) in [6, 6.07) is 2.52. The highest BCUT2D eigenvalue weighted by Crippen LogP contribution is 2.29. The van der Waals surface area contributed by atoms with Gasteiger partial charge in [0.1, 0.15) is 5.02 Å². The largest absolute Gasteiger partial charge is 0.355 e. The molecule has 2 N–H and O–H groups in total. The molecule has 8 heteroatoms. The van der Waals surface area contributed by atoms with Crippen LogP contribution in [0.5, 0.6) is 0 Å². The van der Waals surface area contributed by atoms with E-state index in [1.165, 1.54) is 6.07 Å². The van der Waals surface area contributed by atoms with Crippen LogP contribution in [0.25, 0.3) is 0 Å². The van der Waals surface area contributed by atoms with Gasteiger partial charge in [0.05, 0.1) is 11.5 Å². The van der Waals surface area contributed by atoms with E-state index in [1.54, 1.807) is 13.8 Å². The number of likely N-dealkylation sites (N-methyl/N-ethyl adjacent to an activating group) is 1. The van der Waals surface area contributed by atoms with Crippen LogP contribution in [0, 0.1) is 17.0 Å². The minimum atomic E-state index is -0.657. The molecule has 20 heavy (non-hydrogen) atoms. The van der Waals surface area contributed by atoms with Gasteiger partial charge in [-0.05, 0) is 25.5 Å². The number of carbonyl (C=O) groups is 2. The van der Waals surface area contributed by atoms with Gasteiger partial charge in [-0.1, -0.05) is 11.6 Å². The summed E-state index contributed by atoms with van der Waals surface area (Å²) in [5, 5.41) is 15.7. The second kappa shape index (κ2) is 6.85. The van der Waals surface area contributed by atoms with Crippen LogP contribution in [-0.2, 0) is 4.79 Å². The molecule has 0 spiro atoms. The van der Waals surface area contributed by atoms with Gasteiger partial charge in [-0.3, -0.25) is 19.7 Å². The van der Waals surface area contributed by atoms with E-state index in [9.17, 15) is 19.7 Å². The lowest BCUT2D eigenvalue weighted by molar-refractivity contribution is -0.384. The number of nitrogens with one attached hydrogen (secondary N) is 2. The van der Waals surface area contributed by atoms with Crippen LogP contribution in [0.1, 0.15) is 22.8 Å². The molecule has 0 aromatic heterocycles. The van der Waals surface area contributed by atoms with E-state index in [2.05, 4.69) is 10.6 Å². The molecule has 1 aromatic rings. The second-order valence-corrected chi connectivity index (χ2v) is 4.40. The molecule has 0 saturated carbocycles. The number of amides is 2. The van der Waals surface area contributed by atoms with Gasteiger partial charge < -0.3 is 10.6 Å². The summed E-state index contributed by atoms with van der Waals surface area (Å²) in [7, 11) is 0. The summed E-state index contributed by atoms with van der Waals surface area (Å²) in [5.74, 6) is -0.903. The lowest BCUT2D eigenvalue weighted by atomic mass is 10.1. The van der Waals surface area contributed by atoms with Gasteiger partial charge in [0.25, 0.3) is 11.6 Å². The number of halogens is 1. The Hall–Kier alpha value is -2.15. The molecule has 1 aromatic carbocycles. The predicted molar refractivity (Wildman–Crippen MR) is 73.9 cm³/mol. The maximum atomic E-state index is 11.8. The van der Waals surface area contributed by atoms with Crippen molar-refractivity contribution in [3.63, 3.8) is 0 Å². The molecule has 108 valence electrons. The number of rotatable bonds is 5. The Morgan fingerprint density at radius 3 is 2.55 bits per heavy atom. The molecule has 0 radical (unpaired) electrons. The highest BCUT2D eigenvalue weighted by atomic mass is 35.5. The van der Waals surface area contributed by atoms with E-state index in [-0.39, 0.29) is 28.7 Å². The zero-order valence-electron chi connectivity index (χ0n) is 11.0. The van der Waals surface area contributed by atoms with Gasteiger partial charge in [-0.2, -0.15) is 0 Å². The number of nitrogens with zero attached hydrogens (tertiary/aromatic N) is 1. The molecule has 1 rings (SSSR count). The Morgan fingerprint density at radius 1 is 1.35 bits per heavy atom. The van der Waals surface area contributed by atoms with Crippen molar-refractivity contribution in [2.45, 2.75) is 13.8 Å². The van der Waals surface area contributed by atoms with Crippen LogP contribution < -0.4 is 10.6 Å². The van der Waals surface area contributed by atoms with Crippen molar-refractivity contribution >= 4 is 29.1 Å². The fourth-order valence-electron chi connectivity index (χ4n) is 1.54. The van der Waals surface area contributed by atoms with E-state index in [0.717, 1.165) is 6.07 Å². The van der Waals surface area contributed by atoms with Crippen LogP contribution in [-0.4, -0.2) is 29.8 Å². The zero-order valence-corrected chi connectivity index (χ0v) is 11.8. The average molecular weight is 300 g/mol. The number of carbonyl (C=O) groups excluding carboxylic acids is 2. The van der Waals surface area contributed by atoms with Crippen molar-refractivity contribution in [2.24, 2.45) is 0 Å². The predicted octanol–water partition coefficient (Wildman–Crippen LogP) is 1.42. The van der Waals surface area contributed by atoms with Gasteiger partial charge in [0, 0.05) is 18.2 Å². The minimum absolute atomic E-state index is 0.00437. The van der Waals surface area contributed by atoms with E-state index in [1.807, 2.05) is 0 Å². The second-order valence-electron chi connectivity index (χ2n) is 4.02. The van der Waals surface area contributed by atoms with Crippen molar-refractivity contribution in [3.05, 3.63) is 38.4 Å². The maximum Gasteiger partial charge on any atom is 0.288 e. The van der Waals surface area contributed by atoms with E-state index >= 15 is 0 Å². The summed E-state index contributed by atoms with van der Waals surface area (Å²) in [4.78, 5) is 33.2. The Balaban J connectivity index is 2.89. The first kappa shape index (κ1) is 15.9. The maximum absolute atomic E-state index is 11.8. The smallest absolute Gasteiger partial charge is 0.288 e. The Bertz CT molecular complexity index is 560. The summed E-state index contributed by atoms with van der Waals surface area (Å²) in [5.41, 5.74) is 0.168. The van der Waals surface area contributed by atoms with E-state index in [0.29, 0.717) is 12.1 Å². The monoisotopic (exact) mass is 299 g/mol. The first-order valence-electron chi connectivity index (χ1n) is 5.86. The Morgan fingerprint density at radius 2 is 2.00 bits per heavy atom. The third-order valence-corrected chi connectivity index (χ3v) is 2.97. The standard InChI is InChI=1S/C12H14ClN3O4/c1-3-14-10(17)6-15-12(18)8-4-7(2)11(13)9(5-8)16(19)20/h4-5H,3,6H2,1-2H3,(H,14,17)(H,15,18).